The number of aryl methyl sites for hydroxylation is 1. The predicted molar refractivity (Wildman–Crippen MR) is 85.8 cm³/mol. The van der Waals surface area contributed by atoms with E-state index in [0.29, 0.717) is 24.8 Å². The second kappa shape index (κ2) is 5.85. The standard InChI is InChI=1S/C15H23N3O2S/c1-12-8-9-13-6-5-7-14(15(13)16-12)17-21(19,20)18-10-3-2-4-11-18/h5-7,12,16-17H,2-4,8-11H2,1H3. The van der Waals surface area contributed by atoms with Gasteiger partial charge in [-0.25, -0.2) is 0 Å². The summed E-state index contributed by atoms with van der Waals surface area (Å²) >= 11 is 0. The second-order valence-corrected chi connectivity index (χ2v) is 7.66. The van der Waals surface area contributed by atoms with Crippen molar-refractivity contribution in [2.45, 2.75) is 45.1 Å². The Morgan fingerprint density at radius 1 is 1.24 bits per heavy atom. The van der Waals surface area contributed by atoms with E-state index in [9.17, 15) is 8.42 Å². The van der Waals surface area contributed by atoms with Gasteiger partial charge in [0.2, 0.25) is 0 Å². The monoisotopic (exact) mass is 309 g/mol. The largest absolute Gasteiger partial charge is 0.381 e. The fourth-order valence-electron chi connectivity index (χ4n) is 3.06. The Kier molecular flexibility index (Phi) is 4.08. The Balaban J connectivity index is 1.84. The zero-order valence-electron chi connectivity index (χ0n) is 12.4. The Labute approximate surface area is 126 Å². The molecule has 1 saturated heterocycles. The molecule has 2 N–H and O–H groups in total. The quantitative estimate of drug-likeness (QED) is 0.902. The van der Waals surface area contributed by atoms with Gasteiger partial charge in [-0.05, 0) is 44.2 Å². The summed E-state index contributed by atoms with van der Waals surface area (Å²) in [5.74, 6) is 0. The molecule has 21 heavy (non-hydrogen) atoms. The first kappa shape index (κ1) is 14.7. The first-order valence-electron chi connectivity index (χ1n) is 7.72. The highest BCUT2D eigenvalue weighted by atomic mass is 32.2. The molecular formula is C15H23N3O2S. The number of nitrogens with zero attached hydrogens (tertiary/aromatic N) is 1. The molecule has 5 nitrogen and oxygen atoms in total. The normalized spacial score (nSPS) is 23.2. The molecule has 0 saturated carbocycles. The lowest BCUT2D eigenvalue weighted by atomic mass is 9.98. The highest BCUT2D eigenvalue weighted by Gasteiger charge is 2.26. The summed E-state index contributed by atoms with van der Waals surface area (Å²) in [6, 6.07) is 6.20. The molecule has 116 valence electrons. The molecular weight excluding hydrogens is 286 g/mol. The van der Waals surface area contributed by atoms with Crippen LogP contribution in [0.5, 0.6) is 0 Å². The highest BCUT2D eigenvalue weighted by Crippen LogP contribution is 2.33. The van der Waals surface area contributed by atoms with Crippen molar-refractivity contribution in [2.24, 2.45) is 0 Å². The molecule has 0 aliphatic carbocycles. The van der Waals surface area contributed by atoms with Crippen LogP contribution in [-0.4, -0.2) is 31.9 Å². The second-order valence-electron chi connectivity index (χ2n) is 5.99. The Hall–Kier alpha value is -1.27. The van der Waals surface area contributed by atoms with Crippen molar-refractivity contribution < 1.29 is 8.42 Å². The molecule has 2 aliphatic heterocycles. The smallest absolute Gasteiger partial charge is 0.301 e. The maximum absolute atomic E-state index is 12.5. The molecule has 2 aliphatic rings. The zero-order chi connectivity index (χ0) is 14.9. The first-order chi connectivity index (χ1) is 10.1. The van der Waals surface area contributed by atoms with Crippen LogP contribution in [0.25, 0.3) is 0 Å². The van der Waals surface area contributed by atoms with E-state index in [1.54, 1.807) is 4.31 Å². The lowest BCUT2D eigenvalue weighted by Gasteiger charge is -2.29. The van der Waals surface area contributed by atoms with Gasteiger partial charge in [0.25, 0.3) is 0 Å². The molecule has 0 amide bonds. The van der Waals surface area contributed by atoms with Crippen molar-refractivity contribution in [3.63, 3.8) is 0 Å². The van der Waals surface area contributed by atoms with E-state index in [-0.39, 0.29) is 0 Å². The number of piperidine rings is 1. The maximum Gasteiger partial charge on any atom is 0.301 e. The number of para-hydroxylation sites is 1. The van der Waals surface area contributed by atoms with Gasteiger partial charge in [0.1, 0.15) is 0 Å². The summed E-state index contributed by atoms with van der Waals surface area (Å²) in [7, 11) is -3.44. The van der Waals surface area contributed by atoms with Gasteiger partial charge in [-0.2, -0.15) is 12.7 Å². The number of hydrogen-bond acceptors (Lipinski definition) is 3. The summed E-state index contributed by atoms with van der Waals surface area (Å²) in [5, 5.41) is 3.41. The van der Waals surface area contributed by atoms with Crippen LogP contribution in [0.4, 0.5) is 11.4 Å². The van der Waals surface area contributed by atoms with Crippen LogP contribution >= 0.6 is 0 Å². The molecule has 1 unspecified atom stereocenters. The zero-order valence-corrected chi connectivity index (χ0v) is 13.2. The van der Waals surface area contributed by atoms with Crippen molar-refractivity contribution in [2.75, 3.05) is 23.1 Å². The van der Waals surface area contributed by atoms with Crippen LogP contribution in [0.3, 0.4) is 0 Å². The molecule has 1 aromatic rings. The third-order valence-electron chi connectivity index (χ3n) is 4.28. The van der Waals surface area contributed by atoms with Gasteiger partial charge in [0, 0.05) is 19.1 Å². The topological polar surface area (TPSA) is 61.4 Å². The summed E-state index contributed by atoms with van der Waals surface area (Å²) < 4.78 is 29.3. The van der Waals surface area contributed by atoms with Gasteiger partial charge >= 0.3 is 10.2 Å². The van der Waals surface area contributed by atoms with Gasteiger partial charge in [0.15, 0.2) is 0 Å². The van der Waals surface area contributed by atoms with E-state index in [1.165, 1.54) is 5.56 Å². The van der Waals surface area contributed by atoms with Crippen molar-refractivity contribution in [1.29, 1.82) is 0 Å². The third kappa shape index (κ3) is 3.16. The minimum atomic E-state index is -3.44. The van der Waals surface area contributed by atoms with E-state index in [4.69, 9.17) is 0 Å². The van der Waals surface area contributed by atoms with Crippen LogP contribution in [-0.2, 0) is 16.6 Å². The minimum absolute atomic E-state index is 0.373. The molecule has 6 heteroatoms. The average Bonchev–Trinajstić information content (AvgIpc) is 2.48. The maximum atomic E-state index is 12.5. The van der Waals surface area contributed by atoms with Gasteiger partial charge < -0.3 is 5.32 Å². The number of hydrogen-bond donors (Lipinski definition) is 2. The van der Waals surface area contributed by atoms with E-state index >= 15 is 0 Å². The molecule has 1 aromatic carbocycles. The van der Waals surface area contributed by atoms with Gasteiger partial charge in [-0.15, -0.1) is 0 Å². The highest BCUT2D eigenvalue weighted by molar-refractivity contribution is 7.90. The molecule has 0 aromatic heterocycles. The SMILES string of the molecule is CC1CCc2cccc(NS(=O)(=O)N3CCCCC3)c2N1. The molecule has 1 fully saturated rings. The number of rotatable bonds is 3. The fraction of sp³-hybridized carbons (Fsp3) is 0.600. The van der Waals surface area contributed by atoms with Crippen molar-refractivity contribution in [1.82, 2.24) is 4.31 Å². The van der Waals surface area contributed by atoms with Gasteiger partial charge in [-0.3, -0.25) is 4.72 Å². The van der Waals surface area contributed by atoms with E-state index in [0.717, 1.165) is 37.8 Å². The van der Waals surface area contributed by atoms with E-state index < -0.39 is 10.2 Å². The molecule has 3 rings (SSSR count). The van der Waals surface area contributed by atoms with Crippen molar-refractivity contribution >= 4 is 21.6 Å². The molecule has 0 spiro atoms. The number of nitrogens with one attached hydrogen (secondary N) is 2. The molecule has 0 radical (unpaired) electrons. The van der Waals surface area contributed by atoms with Crippen LogP contribution < -0.4 is 10.0 Å². The van der Waals surface area contributed by atoms with Gasteiger partial charge in [0.05, 0.1) is 11.4 Å². The average molecular weight is 309 g/mol. The lowest BCUT2D eigenvalue weighted by Crippen LogP contribution is -2.39. The minimum Gasteiger partial charge on any atom is -0.381 e. The molecule has 0 bridgehead atoms. The van der Waals surface area contributed by atoms with Crippen molar-refractivity contribution in [3.05, 3.63) is 23.8 Å². The fourth-order valence-corrected chi connectivity index (χ4v) is 4.38. The van der Waals surface area contributed by atoms with Crippen LogP contribution in [0.15, 0.2) is 18.2 Å². The number of benzene rings is 1. The van der Waals surface area contributed by atoms with E-state index in [2.05, 4.69) is 23.0 Å². The Bertz CT molecular complexity index is 609. The number of anilines is 2. The Morgan fingerprint density at radius 3 is 2.76 bits per heavy atom. The van der Waals surface area contributed by atoms with E-state index in [1.807, 2.05) is 12.1 Å². The van der Waals surface area contributed by atoms with Crippen LogP contribution in [0.1, 0.15) is 38.2 Å². The summed E-state index contributed by atoms with van der Waals surface area (Å²) in [6.07, 6.45) is 5.08. The van der Waals surface area contributed by atoms with Crippen LogP contribution in [0.2, 0.25) is 0 Å². The summed E-state index contributed by atoms with van der Waals surface area (Å²) in [4.78, 5) is 0. The molecule has 2 heterocycles. The van der Waals surface area contributed by atoms with Crippen molar-refractivity contribution in [3.8, 4) is 0 Å². The Morgan fingerprint density at radius 2 is 2.00 bits per heavy atom. The summed E-state index contributed by atoms with van der Waals surface area (Å²) in [5.41, 5.74) is 2.80. The number of fused-ring (bicyclic) bond motifs is 1. The predicted octanol–water partition coefficient (Wildman–Crippen LogP) is 2.58. The van der Waals surface area contributed by atoms with Gasteiger partial charge in [-0.1, -0.05) is 18.6 Å². The first-order valence-corrected chi connectivity index (χ1v) is 9.16. The van der Waals surface area contributed by atoms with Crippen LogP contribution in [0, 0.1) is 0 Å². The third-order valence-corrected chi connectivity index (χ3v) is 5.80. The summed E-state index contributed by atoms with van der Waals surface area (Å²) in [6.45, 7) is 3.36. The molecule has 1 atom stereocenters. The lowest BCUT2D eigenvalue weighted by molar-refractivity contribution is 0.349.